The Morgan fingerprint density at radius 2 is 1.95 bits per heavy atom. The van der Waals surface area contributed by atoms with E-state index in [-0.39, 0.29) is 23.4 Å². The molecule has 1 atom stereocenters. The molecule has 1 aromatic rings. The van der Waals surface area contributed by atoms with Crippen molar-refractivity contribution in [2.75, 3.05) is 38.6 Å². The summed E-state index contributed by atoms with van der Waals surface area (Å²) in [6.07, 6.45) is 4.31. The van der Waals surface area contributed by atoms with Gasteiger partial charge in [-0.2, -0.15) is 0 Å². The first kappa shape index (κ1) is 17.8. The number of hydrogen-bond acceptors (Lipinski definition) is 4. The number of rotatable bonds is 9. The Labute approximate surface area is 129 Å². The van der Waals surface area contributed by atoms with Gasteiger partial charge in [-0.25, -0.2) is 0 Å². The highest BCUT2D eigenvalue weighted by Gasteiger charge is 2.08. The van der Waals surface area contributed by atoms with Gasteiger partial charge in [0.05, 0.1) is 18.2 Å². The first-order chi connectivity index (χ1) is 10.0. The van der Waals surface area contributed by atoms with Gasteiger partial charge >= 0.3 is 0 Å². The van der Waals surface area contributed by atoms with Crippen LogP contribution < -0.4 is 9.84 Å². The molecule has 5 nitrogen and oxygen atoms in total. The van der Waals surface area contributed by atoms with Gasteiger partial charge in [0.25, 0.3) is 0 Å². The van der Waals surface area contributed by atoms with Gasteiger partial charge in [-0.3, -0.25) is 4.99 Å². The first-order valence-corrected chi connectivity index (χ1v) is 8.94. The largest absolute Gasteiger partial charge is 0.862 e. The average molecular weight is 314 g/mol. The van der Waals surface area contributed by atoms with Crippen molar-refractivity contribution < 1.29 is 19.7 Å². The molecule has 0 aromatic heterocycles. The Hall–Kier alpha value is -1.24. The molecule has 1 rings (SSSR count). The van der Waals surface area contributed by atoms with E-state index in [9.17, 15) is 5.11 Å². The maximum absolute atomic E-state index is 11.7. The van der Waals surface area contributed by atoms with Crippen LogP contribution in [0.25, 0.3) is 0 Å². The third-order valence-electron chi connectivity index (χ3n) is 2.63. The van der Waals surface area contributed by atoms with Crippen LogP contribution in [0.3, 0.4) is 0 Å². The summed E-state index contributed by atoms with van der Waals surface area (Å²) in [6.45, 7) is 0.622. The predicted molar refractivity (Wildman–Crippen MR) is 87.0 cm³/mol. The quantitative estimate of drug-likeness (QED) is 0.377. The Bertz CT molecular complexity index is 434. The fourth-order valence-electron chi connectivity index (χ4n) is 1.55. The number of nitrogens with zero attached hydrogens (tertiary/aromatic N) is 1. The predicted octanol–water partition coefficient (Wildman–Crippen LogP) is 0.463. The zero-order valence-electron chi connectivity index (χ0n) is 12.8. The van der Waals surface area contributed by atoms with E-state index in [4.69, 9.17) is 14.6 Å². The summed E-state index contributed by atoms with van der Waals surface area (Å²) in [5.41, 5.74) is 0.638. The molecule has 0 spiro atoms. The maximum Gasteiger partial charge on any atom is 0.212 e. The fraction of sp³-hybridized carbons (Fsp3) is 0.533. The van der Waals surface area contributed by atoms with Crippen molar-refractivity contribution in [3.8, 4) is 5.75 Å². The van der Waals surface area contributed by atoms with Gasteiger partial charge in [0.15, 0.2) is 6.61 Å². The molecule has 1 aromatic carbocycles. The Balaban J connectivity index is 2.48. The summed E-state index contributed by atoms with van der Waals surface area (Å²) in [5, 5.41) is 19.3. The molecule has 0 fully saturated rings. The summed E-state index contributed by atoms with van der Waals surface area (Å²) < 4.78 is 10.3. The van der Waals surface area contributed by atoms with Crippen LogP contribution in [0.1, 0.15) is 6.42 Å². The summed E-state index contributed by atoms with van der Waals surface area (Å²) in [7, 11) is 1.83. The molecule has 6 heteroatoms. The first-order valence-electron chi connectivity index (χ1n) is 6.73. The van der Waals surface area contributed by atoms with Crippen LogP contribution in [0, 0.1) is 0 Å². The lowest BCUT2D eigenvalue weighted by Gasteiger charge is -2.10. The monoisotopic (exact) mass is 314 g/mol. The zero-order valence-corrected chi connectivity index (χ0v) is 13.6. The van der Waals surface area contributed by atoms with Gasteiger partial charge in [-0.05, 0) is 41.1 Å². The van der Waals surface area contributed by atoms with Crippen LogP contribution >= 0.6 is 0 Å². The number of aliphatic imine (C=N–C) groups is 1. The summed E-state index contributed by atoms with van der Waals surface area (Å²) in [4.78, 5) is 4.05. The molecule has 0 aliphatic heterocycles. The number of ether oxygens (including phenoxy) is 2. The lowest BCUT2D eigenvalue weighted by Crippen LogP contribution is -2.22. The second-order valence-corrected chi connectivity index (χ2v) is 7.28. The molecule has 0 heterocycles. The van der Waals surface area contributed by atoms with E-state index in [2.05, 4.69) is 17.5 Å². The SMILES string of the molecule is COCC([OH2+])COc1ccc(N=C([O-])CC[S+](C)C)cc1. The van der Waals surface area contributed by atoms with E-state index in [0.29, 0.717) is 24.5 Å². The summed E-state index contributed by atoms with van der Waals surface area (Å²) >= 11 is 0. The molecular formula is C15H24NO4S+. The van der Waals surface area contributed by atoms with Crippen molar-refractivity contribution in [3.63, 3.8) is 0 Å². The number of hydrogen-bond donors (Lipinski definition) is 0. The van der Waals surface area contributed by atoms with Crippen molar-refractivity contribution in [3.05, 3.63) is 24.3 Å². The molecular weight excluding hydrogens is 290 g/mol. The Morgan fingerprint density at radius 1 is 1.29 bits per heavy atom. The van der Waals surface area contributed by atoms with E-state index < -0.39 is 6.10 Å². The standard InChI is InChI=1S/C15H23NO4S/c1-19-10-13(17)11-20-14-6-4-12(5-7-14)16-15(18)8-9-21(2)3/h4-7,13,17H,8-11H2,1-3H3/p+1. The molecule has 0 bridgehead atoms. The zero-order chi connectivity index (χ0) is 15.7. The highest BCUT2D eigenvalue weighted by Crippen LogP contribution is 2.18. The third kappa shape index (κ3) is 7.94. The molecule has 118 valence electrons. The van der Waals surface area contributed by atoms with Crippen LogP contribution in [-0.4, -0.2) is 55.7 Å². The molecule has 2 N–H and O–H groups in total. The minimum Gasteiger partial charge on any atom is -0.862 e. The molecule has 0 radical (unpaired) electrons. The second-order valence-electron chi connectivity index (χ2n) is 4.90. The van der Waals surface area contributed by atoms with Crippen LogP contribution in [0.4, 0.5) is 5.69 Å². The molecule has 0 amide bonds. The van der Waals surface area contributed by atoms with E-state index in [1.54, 1.807) is 31.4 Å². The van der Waals surface area contributed by atoms with E-state index in [1.165, 1.54) is 0 Å². The van der Waals surface area contributed by atoms with Gasteiger partial charge in [0.1, 0.15) is 18.1 Å². The number of benzene rings is 1. The molecule has 1 unspecified atom stereocenters. The van der Waals surface area contributed by atoms with Crippen LogP contribution in [0.15, 0.2) is 29.3 Å². The van der Waals surface area contributed by atoms with Crippen molar-refractivity contribution in [2.45, 2.75) is 12.5 Å². The maximum atomic E-state index is 11.7. The second kappa shape index (κ2) is 9.65. The molecule has 0 aliphatic rings. The average Bonchev–Trinajstić information content (AvgIpc) is 2.45. The van der Waals surface area contributed by atoms with E-state index >= 15 is 0 Å². The molecule has 0 saturated heterocycles. The van der Waals surface area contributed by atoms with Crippen molar-refractivity contribution in [1.29, 1.82) is 0 Å². The smallest absolute Gasteiger partial charge is 0.212 e. The minimum atomic E-state index is -0.405. The van der Waals surface area contributed by atoms with Crippen LogP contribution in [0.2, 0.25) is 0 Å². The highest BCUT2D eigenvalue weighted by molar-refractivity contribution is 7.95. The molecule has 0 saturated carbocycles. The third-order valence-corrected chi connectivity index (χ3v) is 3.65. The van der Waals surface area contributed by atoms with Gasteiger partial charge in [-0.15, -0.1) is 0 Å². The van der Waals surface area contributed by atoms with Crippen molar-refractivity contribution in [2.24, 2.45) is 4.99 Å². The number of methoxy groups -OCH3 is 1. The van der Waals surface area contributed by atoms with E-state index in [0.717, 1.165) is 5.75 Å². The highest BCUT2D eigenvalue weighted by atomic mass is 32.2. The molecule has 0 aliphatic carbocycles. The Morgan fingerprint density at radius 3 is 2.52 bits per heavy atom. The van der Waals surface area contributed by atoms with E-state index in [1.807, 2.05) is 0 Å². The minimum absolute atomic E-state index is 0.0869. The van der Waals surface area contributed by atoms with Gasteiger partial charge < -0.3 is 19.7 Å². The van der Waals surface area contributed by atoms with Gasteiger partial charge in [0.2, 0.25) is 6.10 Å². The van der Waals surface area contributed by atoms with Gasteiger partial charge in [-0.1, -0.05) is 0 Å². The molecule has 21 heavy (non-hydrogen) atoms. The lowest BCUT2D eigenvalue weighted by atomic mass is 10.3. The summed E-state index contributed by atoms with van der Waals surface area (Å²) in [6, 6.07) is 7.02. The lowest BCUT2D eigenvalue weighted by molar-refractivity contribution is -0.217. The topological polar surface area (TPSA) is 76.8 Å². The van der Waals surface area contributed by atoms with Crippen LogP contribution in [0.5, 0.6) is 5.75 Å². The Kier molecular flexibility index (Phi) is 8.19. The fourth-order valence-corrected chi connectivity index (χ4v) is 2.14. The van der Waals surface area contributed by atoms with Crippen molar-refractivity contribution >= 4 is 22.5 Å². The normalized spacial score (nSPS) is 13.5. The van der Waals surface area contributed by atoms with Gasteiger partial charge in [0, 0.05) is 13.5 Å². The summed E-state index contributed by atoms with van der Waals surface area (Å²) in [5.74, 6) is 1.46. The van der Waals surface area contributed by atoms with Crippen LogP contribution in [-0.2, 0) is 15.6 Å². The van der Waals surface area contributed by atoms with Crippen molar-refractivity contribution in [1.82, 2.24) is 0 Å².